The van der Waals surface area contributed by atoms with Crippen molar-refractivity contribution in [3.8, 4) is 0 Å². The summed E-state index contributed by atoms with van der Waals surface area (Å²) in [5.74, 6) is -0.500. The van der Waals surface area contributed by atoms with Gasteiger partial charge in [-0.2, -0.15) is 0 Å². The van der Waals surface area contributed by atoms with Gasteiger partial charge in [0.2, 0.25) is 0 Å². The fourth-order valence-electron chi connectivity index (χ4n) is 1.37. The summed E-state index contributed by atoms with van der Waals surface area (Å²) in [4.78, 5) is 0. The van der Waals surface area contributed by atoms with E-state index in [-0.39, 0.29) is 18.3 Å². The molecule has 0 fully saturated rings. The number of benzene rings is 1. The Hall–Kier alpha value is -0.890. The van der Waals surface area contributed by atoms with Gasteiger partial charge >= 0.3 is 0 Å². The average molecular weight is 181 g/mol. The highest BCUT2D eigenvalue weighted by molar-refractivity contribution is 5.31. The Morgan fingerprint density at radius 2 is 2.23 bits per heavy atom. The second-order valence-electron chi connectivity index (χ2n) is 3.08. The van der Waals surface area contributed by atoms with Crippen LogP contribution in [0, 0.1) is 12.7 Å². The van der Waals surface area contributed by atoms with Crippen molar-refractivity contribution in [2.24, 2.45) is 0 Å². The molecule has 71 valence electrons. The number of halogens is 1. The van der Waals surface area contributed by atoms with E-state index >= 15 is 0 Å². The smallest absolute Gasteiger partial charge is 0.123 e. The molecule has 1 nitrogen and oxygen atoms in total. The van der Waals surface area contributed by atoms with Gasteiger partial charge in [-0.15, -0.1) is 0 Å². The quantitative estimate of drug-likeness (QED) is 0.758. The van der Waals surface area contributed by atoms with E-state index in [1.165, 1.54) is 12.1 Å². The number of aliphatic hydroxyl groups is 1. The molecule has 0 aliphatic heterocycles. The predicted molar refractivity (Wildman–Crippen MR) is 51.0 cm³/mol. The number of hydrogen-bond acceptors (Lipinski definition) is 1. The summed E-state index contributed by atoms with van der Waals surface area (Å²) in [6.07, 6.45) is 0.835. The number of aliphatic hydroxyl groups excluding tert-OH is 1. The Kier molecular flexibility index (Phi) is 3.43. The third-order valence-corrected chi connectivity index (χ3v) is 2.15. The van der Waals surface area contributed by atoms with Crippen molar-refractivity contribution in [1.29, 1.82) is 0 Å². The lowest BCUT2D eigenvalue weighted by atomic mass is 9.95. The molecule has 2 heteroatoms. The zero-order valence-corrected chi connectivity index (χ0v) is 7.76. The van der Waals surface area contributed by atoms with Crippen LogP contribution in [0.25, 0.3) is 0 Å². The molecule has 0 aromatic heterocycles. The van der Waals surface area contributed by atoms with Crippen molar-refractivity contribution in [1.82, 2.24) is 0 Å². The van der Waals surface area contributed by atoms with Gasteiger partial charge in [-0.25, -0.2) is 4.39 Å². The molecular formula is C11H14FO. The van der Waals surface area contributed by atoms with Crippen LogP contribution in [0.5, 0.6) is 0 Å². The Balaban J connectivity index is 3.07. The van der Waals surface area contributed by atoms with E-state index in [4.69, 9.17) is 5.11 Å². The molecular weight excluding hydrogens is 167 g/mol. The molecule has 0 saturated carbocycles. The largest absolute Gasteiger partial charge is 0.396 e. The minimum atomic E-state index is -0.269. The third-order valence-electron chi connectivity index (χ3n) is 2.15. The van der Waals surface area contributed by atoms with Crippen LogP contribution in [-0.4, -0.2) is 11.7 Å². The lowest BCUT2D eigenvalue weighted by Crippen LogP contribution is -2.03. The molecule has 1 atom stereocenters. The molecule has 0 heterocycles. The van der Waals surface area contributed by atoms with E-state index in [0.29, 0.717) is 0 Å². The van der Waals surface area contributed by atoms with Gasteiger partial charge in [-0.1, -0.05) is 13.0 Å². The zero-order chi connectivity index (χ0) is 9.84. The topological polar surface area (TPSA) is 20.2 Å². The van der Waals surface area contributed by atoms with Crippen molar-refractivity contribution in [3.05, 3.63) is 42.1 Å². The minimum absolute atomic E-state index is 0.0452. The van der Waals surface area contributed by atoms with Crippen molar-refractivity contribution in [2.75, 3.05) is 6.61 Å². The fraction of sp³-hybridized carbons (Fsp3) is 0.364. The van der Waals surface area contributed by atoms with E-state index in [2.05, 4.69) is 6.92 Å². The van der Waals surface area contributed by atoms with E-state index in [0.717, 1.165) is 17.5 Å². The van der Waals surface area contributed by atoms with Crippen LogP contribution in [0.15, 0.2) is 18.2 Å². The standard InChI is InChI=1S/C11H14FO/c1-3-9-4-5-10(12)6-11(9)8(2)7-13/h4-6,8,13H,2-3,7H2,1H3. The summed E-state index contributed by atoms with van der Waals surface area (Å²) < 4.78 is 12.9. The van der Waals surface area contributed by atoms with E-state index < -0.39 is 0 Å². The van der Waals surface area contributed by atoms with Gasteiger partial charge in [0.25, 0.3) is 0 Å². The molecule has 0 amide bonds. The van der Waals surface area contributed by atoms with Crippen LogP contribution >= 0.6 is 0 Å². The Bertz CT molecular complexity index is 283. The second-order valence-corrected chi connectivity index (χ2v) is 3.08. The highest BCUT2D eigenvalue weighted by Crippen LogP contribution is 2.20. The molecule has 0 saturated heterocycles. The summed E-state index contributed by atoms with van der Waals surface area (Å²) >= 11 is 0. The molecule has 1 aromatic carbocycles. The fourth-order valence-corrected chi connectivity index (χ4v) is 1.37. The van der Waals surface area contributed by atoms with Crippen LogP contribution in [0.2, 0.25) is 0 Å². The maximum atomic E-state index is 12.9. The van der Waals surface area contributed by atoms with Crippen molar-refractivity contribution in [3.63, 3.8) is 0 Å². The predicted octanol–water partition coefficient (Wildman–Crippen LogP) is 2.30. The minimum Gasteiger partial charge on any atom is -0.396 e. The molecule has 0 bridgehead atoms. The van der Waals surface area contributed by atoms with E-state index in [1.54, 1.807) is 6.07 Å². The number of rotatable bonds is 3. The van der Waals surface area contributed by atoms with Gasteiger partial charge in [0.15, 0.2) is 0 Å². The average Bonchev–Trinajstić information content (AvgIpc) is 2.16. The normalized spacial score (nSPS) is 12.9. The van der Waals surface area contributed by atoms with Crippen LogP contribution in [0.4, 0.5) is 4.39 Å². The highest BCUT2D eigenvalue weighted by atomic mass is 19.1. The highest BCUT2D eigenvalue weighted by Gasteiger charge is 2.09. The molecule has 13 heavy (non-hydrogen) atoms. The summed E-state index contributed by atoms with van der Waals surface area (Å²) in [5.41, 5.74) is 1.86. The Labute approximate surface area is 78.2 Å². The maximum Gasteiger partial charge on any atom is 0.123 e. The van der Waals surface area contributed by atoms with Crippen LogP contribution < -0.4 is 0 Å². The summed E-state index contributed by atoms with van der Waals surface area (Å²) in [6.45, 7) is 5.72. The van der Waals surface area contributed by atoms with Gasteiger partial charge < -0.3 is 5.11 Å². The first-order valence-electron chi connectivity index (χ1n) is 4.41. The summed E-state index contributed by atoms with van der Waals surface area (Å²) in [7, 11) is 0. The maximum absolute atomic E-state index is 12.9. The number of hydrogen-bond donors (Lipinski definition) is 1. The molecule has 1 unspecified atom stereocenters. The van der Waals surface area contributed by atoms with E-state index in [9.17, 15) is 4.39 Å². The molecule has 1 rings (SSSR count). The third kappa shape index (κ3) is 2.28. The first kappa shape index (κ1) is 10.2. The van der Waals surface area contributed by atoms with Crippen LogP contribution in [0.1, 0.15) is 24.0 Å². The SMILES string of the molecule is [CH2]C(CO)c1cc(F)ccc1CC. The van der Waals surface area contributed by atoms with Gasteiger partial charge in [0.1, 0.15) is 5.82 Å². The van der Waals surface area contributed by atoms with Gasteiger partial charge in [-0.05, 0) is 36.6 Å². The van der Waals surface area contributed by atoms with Crippen LogP contribution in [-0.2, 0) is 6.42 Å². The zero-order valence-electron chi connectivity index (χ0n) is 7.76. The molecule has 0 aliphatic carbocycles. The Morgan fingerprint density at radius 1 is 1.54 bits per heavy atom. The van der Waals surface area contributed by atoms with Crippen LogP contribution in [0.3, 0.4) is 0 Å². The van der Waals surface area contributed by atoms with Crippen molar-refractivity contribution >= 4 is 0 Å². The van der Waals surface area contributed by atoms with Gasteiger partial charge in [-0.3, -0.25) is 0 Å². The van der Waals surface area contributed by atoms with Crippen molar-refractivity contribution in [2.45, 2.75) is 19.3 Å². The second kappa shape index (κ2) is 4.38. The molecule has 1 N–H and O–H groups in total. The molecule has 0 spiro atoms. The number of aryl methyl sites for hydroxylation is 1. The molecule has 1 radical (unpaired) electrons. The Morgan fingerprint density at radius 3 is 2.77 bits per heavy atom. The first-order chi connectivity index (χ1) is 6.19. The lowest BCUT2D eigenvalue weighted by molar-refractivity contribution is 0.282. The summed E-state index contributed by atoms with van der Waals surface area (Å²) in [6, 6.07) is 4.64. The molecule has 0 aliphatic rings. The van der Waals surface area contributed by atoms with Crippen molar-refractivity contribution < 1.29 is 9.50 Å². The van der Waals surface area contributed by atoms with E-state index in [1.807, 2.05) is 6.92 Å². The van der Waals surface area contributed by atoms with Gasteiger partial charge in [0, 0.05) is 12.5 Å². The summed E-state index contributed by atoms with van der Waals surface area (Å²) in [5, 5.41) is 8.91. The first-order valence-corrected chi connectivity index (χ1v) is 4.41. The van der Waals surface area contributed by atoms with Gasteiger partial charge in [0.05, 0.1) is 0 Å². The monoisotopic (exact) mass is 181 g/mol. The lowest BCUT2D eigenvalue weighted by Gasteiger charge is -2.12. The molecule has 1 aromatic rings.